The minimum Gasteiger partial charge on any atom is -0.497 e. The molecule has 1 atom stereocenters. The van der Waals surface area contributed by atoms with Gasteiger partial charge >= 0.3 is 0 Å². The van der Waals surface area contributed by atoms with Crippen molar-refractivity contribution in [2.75, 3.05) is 26.7 Å². The molecule has 0 aliphatic carbocycles. The van der Waals surface area contributed by atoms with Crippen LogP contribution in [-0.2, 0) is 0 Å². The zero-order chi connectivity index (χ0) is 19.3. The molecule has 1 aliphatic heterocycles. The van der Waals surface area contributed by atoms with Crippen molar-refractivity contribution in [3.8, 4) is 5.75 Å². The molecule has 2 aromatic carbocycles. The number of likely N-dealkylation sites (tertiary alicyclic amines) is 1. The number of nitrogens with one attached hydrogen (secondary N) is 2. The van der Waals surface area contributed by atoms with Crippen LogP contribution in [0.15, 0.2) is 42.5 Å². The van der Waals surface area contributed by atoms with E-state index in [2.05, 4.69) is 37.8 Å². The van der Waals surface area contributed by atoms with Gasteiger partial charge in [-0.1, -0.05) is 18.6 Å². The molecule has 1 fully saturated rings. The summed E-state index contributed by atoms with van der Waals surface area (Å²) < 4.78 is 5.28. The number of carbonyl (C=O) groups excluding carboxylic acids is 1. The second kappa shape index (κ2) is 8.39. The van der Waals surface area contributed by atoms with E-state index in [-0.39, 0.29) is 11.9 Å². The quantitative estimate of drug-likeness (QED) is 0.688. The first kappa shape index (κ1) is 18.4. The number of aromatic nitrogens is 3. The Bertz CT molecular complexity index is 931. The average molecular weight is 379 g/mol. The third kappa shape index (κ3) is 3.99. The van der Waals surface area contributed by atoms with Crippen LogP contribution in [0.2, 0.25) is 0 Å². The summed E-state index contributed by atoms with van der Waals surface area (Å²) in [6.45, 7) is 2.66. The molecule has 2 N–H and O–H groups in total. The van der Waals surface area contributed by atoms with E-state index >= 15 is 0 Å². The van der Waals surface area contributed by atoms with Crippen molar-refractivity contribution in [1.29, 1.82) is 0 Å². The van der Waals surface area contributed by atoms with Gasteiger partial charge in [-0.3, -0.25) is 9.69 Å². The number of methoxy groups -OCH3 is 1. The fourth-order valence-electron chi connectivity index (χ4n) is 3.79. The van der Waals surface area contributed by atoms with Gasteiger partial charge in [0.25, 0.3) is 5.91 Å². The van der Waals surface area contributed by atoms with Crippen molar-refractivity contribution in [2.24, 2.45) is 0 Å². The SMILES string of the molecule is COc1ccc([C@@H](CNC(=O)c2ccc3n[nH]nc3c2)N2CCCCC2)cc1. The Morgan fingerprint density at radius 3 is 2.61 bits per heavy atom. The Labute approximate surface area is 164 Å². The third-order valence-electron chi connectivity index (χ3n) is 5.37. The summed E-state index contributed by atoms with van der Waals surface area (Å²) in [7, 11) is 1.67. The number of ether oxygens (including phenoxy) is 1. The van der Waals surface area contributed by atoms with E-state index in [0.717, 1.165) is 24.4 Å². The summed E-state index contributed by atoms with van der Waals surface area (Å²) in [5, 5.41) is 13.8. The van der Waals surface area contributed by atoms with Gasteiger partial charge < -0.3 is 10.1 Å². The molecule has 3 aromatic rings. The summed E-state index contributed by atoms with van der Waals surface area (Å²) in [6, 6.07) is 13.6. The highest BCUT2D eigenvalue weighted by Gasteiger charge is 2.23. The van der Waals surface area contributed by atoms with Crippen molar-refractivity contribution >= 4 is 16.9 Å². The number of hydrogen-bond donors (Lipinski definition) is 2. The van der Waals surface area contributed by atoms with E-state index in [1.807, 2.05) is 12.1 Å². The number of piperidine rings is 1. The molecule has 2 heterocycles. The molecule has 28 heavy (non-hydrogen) atoms. The van der Waals surface area contributed by atoms with Crippen LogP contribution in [0.4, 0.5) is 0 Å². The van der Waals surface area contributed by atoms with Gasteiger partial charge in [-0.25, -0.2) is 0 Å². The maximum absolute atomic E-state index is 12.7. The van der Waals surface area contributed by atoms with Crippen LogP contribution in [0.25, 0.3) is 11.0 Å². The molecule has 0 saturated carbocycles. The molecule has 0 bridgehead atoms. The highest BCUT2D eigenvalue weighted by molar-refractivity contribution is 5.97. The molecule has 7 nitrogen and oxygen atoms in total. The molecule has 4 rings (SSSR count). The maximum Gasteiger partial charge on any atom is 0.251 e. The number of benzene rings is 2. The molecule has 0 unspecified atom stereocenters. The number of hydrogen-bond acceptors (Lipinski definition) is 5. The molecule has 1 amide bonds. The van der Waals surface area contributed by atoms with Gasteiger partial charge in [-0.2, -0.15) is 15.4 Å². The predicted molar refractivity (Wildman–Crippen MR) is 107 cm³/mol. The first-order chi connectivity index (χ1) is 13.7. The van der Waals surface area contributed by atoms with Crippen molar-refractivity contribution in [3.05, 3.63) is 53.6 Å². The summed E-state index contributed by atoms with van der Waals surface area (Å²) in [5.74, 6) is 0.742. The summed E-state index contributed by atoms with van der Waals surface area (Å²) >= 11 is 0. The Hall–Kier alpha value is -2.93. The zero-order valence-electron chi connectivity index (χ0n) is 16.0. The Morgan fingerprint density at radius 2 is 1.86 bits per heavy atom. The van der Waals surface area contributed by atoms with Gasteiger partial charge in [0.2, 0.25) is 0 Å². The van der Waals surface area contributed by atoms with Crippen LogP contribution in [0, 0.1) is 0 Å². The highest BCUT2D eigenvalue weighted by atomic mass is 16.5. The van der Waals surface area contributed by atoms with E-state index in [0.29, 0.717) is 17.6 Å². The fraction of sp³-hybridized carbons (Fsp3) is 0.381. The smallest absolute Gasteiger partial charge is 0.251 e. The lowest BCUT2D eigenvalue weighted by atomic mass is 10.0. The van der Waals surface area contributed by atoms with Gasteiger partial charge in [0.05, 0.1) is 13.2 Å². The number of nitrogens with zero attached hydrogens (tertiary/aromatic N) is 3. The average Bonchev–Trinajstić information content (AvgIpc) is 3.23. The Balaban J connectivity index is 1.50. The Kier molecular flexibility index (Phi) is 5.53. The number of H-pyrrole nitrogens is 1. The summed E-state index contributed by atoms with van der Waals surface area (Å²) in [4.78, 5) is 15.2. The molecule has 146 valence electrons. The van der Waals surface area contributed by atoms with Crippen LogP contribution >= 0.6 is 0 Å². The van der Waals surface area contributed by atoms with E-state index in [4.69, 9.17) is 4.74 Å². The van der Waals surface area contributed by atoms with E-state index in [9.17, 15) is 4.79 Å². The van der Waals surface area contributed by atoms with Crippen LogP contribution in [0.5, 0.6) is 5.75 Å². The minimum atomic E-state index is -0.0968. The van der Waals surface area contributed by atoms with Crippen LogP contribution in [0.3, 0.4) is 0 Å². The third-order valence-corrected chi connectivity index (χ3v) is 5.37. The van der Waals surface area contributed by atoms with Gasteiger partial charge in [0, 0.05) is 12.1 Å². The molecular formula is C21H25N5O2. The lowest BCUT2D eigenvalue weighted by Crippen LogP contribution is -2.40. The van der Waals surface area contributed by atoms with Crippen molar-refractivity contribution in [2.45, 2.75) is 25.3 Å². The van der Waals surface area contributed by atoms with Crippen molar-refractivity contribution in [1.82, 2.24) is 25.6 Å². The van der Waals surface area contributed by atoms with Crippen LogP contribution in [-0.4, -0.2) is 53.0 Å². The van der Waals surface area contributed by atoms with Crippen LogP contribution in [0.1, 0.15) is 41.2 Å². The number of carbonyl (C=O) groups is 1. The molecule has 1 aliphatic rings. The number of aromatic amines is 1. The first-order valence-corrected chi connectivity index (χ1v) is 9.71. The maximum atomic E-state index is 12.7. The first-order valence-electron chi connectivity index (χ1n) is 9.71. The van der Waals surface area contributed by atoms with E-state index in [1.54, 1.807) is 25.3 Å². The van der Waals surface area contributed by atoms with Gasteiger partial charge in [0.15, 0.2) is 0 Å². The number of amides is 1. The summed E-state index contributed by atoms with van der Waals surface area (Å²) in [6.07, 6.45) is 3.67. The molecule has 1 aromatic heterocycles. The molecule has 7 heteroatoms. The number of rotatable bonds is 6. The largest absolute Gasteiger partial charge is 0.497 e. The van der Waals surface area contributed by atoms with Gasteiger partial charge in [0.1, 0.15) is 16.8 Å². The molecule has 1 saturated heterocycles. The normalized spacial score (nSPS) is 16.0. The summed E-state index contributed by atoms with van der Waals surface area (Å²) in [5.41, 5.74) is 3.22. The number of fused-ring (bicyclic) bond motifs is 1. The van der Waals surface area contributed by atoms with Crippen molar-refractivity contribution in [3.63, 3.8) is 0 Å². The Morgan fingerprint density at radius 1 is 1.11 bits per heavy atom. The second-order valence-electron chi connectivity index (χ2n) is 7.12. The molecule has 0 radical (unpaired) electrons. The van der Waals surface area contributed by atoms with Crippen molar-refractivity contribution < 1.29 is 9.53 Å². The monoisotopic (exact) mass is 379 g/mol. The standard InChI is InChI=1S/C21H25N5O2/c1-28-17-8-5-15(6-9-17)20(26-11-3-2-4-12-26)14-22-21(27)16-7-10-18-19(13-16)24-25-23-18/h5-10,13,20H,2-4,11-12,14H2,1H3,(H,22,27)(H,23,24,25)/t20-/m1/s1. The van der Waals surface area contributed by atoms with Gasteiger partial charge in [-0.05, 0) is 61.8 Å². The minimum absolute atomic E-state index is 0.0968. The fourth-order valence-corrected chi connectivity index (χ4v) is 3.79. The second-order valence-corrected chi connectivity index (χ2v) is 7.12. The lowest BCUT2D eigenvalue weighted by Gasteiger charge is -2.35. The van der Waals surface area contributed by atoms with E-state index in [1.165, 1.54) is 24.8 Å². The zero-order valence-corrected chi connectivity index (χ0v) is 16.0. The predicted octanol–water partition coefficient (Wildman–Crippen LogP) is 2.92. The molecular weight excluding hydrogens is 354 g/mol. The topological polar surface area (TPSA) is 83.1 Å². The van der Waals surface area contributed by atoms with E-state index < -0.39 is 0 Å². The van der Waals surface area contributed by atoms with Gasteiger partial charge in [-0.15, -0.1) is 0 Å². The van der Waals surface area contributed by atoms with Crippen LogP contribution < -0.4 is 10.1 Å². The lowest BCUT2D eigenvalue weighted by molar-refractivity contribution is 0.0924. The highest BCUT2D eigenvalue weighted by Crippen LogP contribution is 2.26. The molecule has 0 spiro atoms.